The van der Waals surface area contributed by atoms with Crippen LogP contribution in [-0.2, 0) is 11.2 Å². The molecule has 25 heavy (non-hydrogen) atoms. The van der Waals surface area contributed by atoms with E-state index in [0.29, 0.717) is 19.5 Å². The number of hydrogen-bond donors (Lipinski definition) is 2. The van der Waals surface area contributed by atoms with E-state index in [2.05, 4.69) is 0 Å². The van der Waals surface area contributed by atoms with Crippen molar-refractivity contribution in [3.63, 3.8) is 0 Å². The SMILES string of the molecule is C[C@@H](O)CN(C[C@@H](C)O)[C@H](C(=O)Cc1ccccc1)c1ccccc1. The van der Waals surface area contributed by atoms with Crippen LogP contribution >= 0.6 is 0 Å². The van der Waals surface area contributed by atoms with Gasteiger partial charge in [-0.25, -0.2) is 0 Å². The topological polar surface area (TPSA) is 60.8 Å². The second-order valence-corrected chi connectivity index (χ2v) is 6.59. The molecule has 2 aromatic carbocycles. The van der Waals surface area contributed by atoms with Gasteiger partial charge in [0.2, 0.25) is 0 Å². The van der Waals surface area contributed by atoms with Crippen molar-refractivity contribution in [1.29, 1.82) is 0 Å². The smallest absolute Gasteiger partial charge is 0.158 e. The molecule has 0 aromatic heterocycles. The van der Waals surface area contributed by atoms with Gasteiger partial charge < -0.3 is 10.2 Å². The highest BCUT2D eigenvalue weighted by atomic mass is 16.3. The maximum atomic E-state index is 13.1. The Morgan fingerprint density at radius 2 is 1.36 bits per heavy atom. The summed E-state index contributed by atoms with van der Waals surface area (Å²) >= 11 is 0. The van der Waals surface area contributed by atoms with Gasteiger partial charge in [-0.05, 0) is 25.0 Å². The number of carbonyl (C=O) groups excluding carboxylic acids is 1. The first-order valence-electron chi connectivity index (χ1n) is 8.69. The zero-order valence-electron chi connectivity index (χ0n) is 14.9. The van der Waals surface area contributed by atoms with Crippen LogP contribution in [0.3, 0.4) is 0 Å². The first kappa shape index (κ1) is 19.3. The molecule has 4 nitrogen and oxygen atoms in total. The summed E-state index contributed by atoms with van der Waals surface area (Å²) in [7, 11) is 0. The van der Waals surface area contributed by atoms with E-state index in [1.807, 2.05) is 65.6 Å². The first-order chi connectivity index (χ1) is 12.0. The maximum Gasteiger partial charge on any atom is 0.158 e. The van der Waals surface area contributed by atoms with Crippen molar-refractivity contribution in [2.75, 3.05) is 13.1 Å². The summed E-state index contributed by atoms with van der Waals surface area (Å²) < 4.78 is 0. The Kier molecular flexibility index (Phi) is 7.31. The molecule has 0 aliphatic rings. The van der Waals surface area contributed by atoms with E-state index < -0.39 is 18.2 Å². The van der Waals surface area contributed by atoms with Gasteiger partial charge in [0, 0.05) is 19.5 Å². The number of ketones is 1. The molecule has 0 heterocycles. The standard InChI is InChI=1S/C21H27NO3/c1-16(23)14-22(15-17(2)24)21(19-11-7-4-8-12-19)20(25)13-18-9-5-3-6-10-18/h3-12,16-17,21,23-24H,13-15H2,1-2H3/t16-,17-,21+/m1/s1. The highest BCUT2D eigenvalue weighted by Gasteiger charge is 2.29. The monoisotopic (exact) mass is 341 g/mol. The Morgan fingerprint density at radius 1 is 0.880 bits per heavy atom. The number of benzene rings is 2. The Labute approximate surface area is 149 Å². The lowest BCUT2D eigenvalue weighted by Gasteiger charge is -2.33. The quantitative estimate of drug-likeness (QED) is 0.736. The molecule has 0 unspecified atom stereocenters. The molecule has 2 aromatic rings. The van der Waals surface area contributed by atoms with Crippen molar-refractivity contribution in [3.8, 4) is 0 Å². The average Bonchev–Trinajstić information content (AvgIpc) is 2.55. The van der Waals surface area contributed by atoms with Gasteiger partial charge >= 0.3 is 0 Å². The van der Waals surface area contributed by atoms with E-state index in [-0.39, 0.29) is 5.78 Å². The van der Waals surface area contributed by atoms with Crippen molar-refractivity contribution in [1.82, 2.24) is 4.90 Å². The fraction of sp³-hybridized carbons (Fsp3) is 0.381. The lowest BCUT2D eigenvalue weighted by atomic mass is 9.95. The van der Waals surface area contributed by atoms with Gasteiger partial charge in [-0.1, -0.05) is 60.7 Å². The predicted octanol–water partition coefficient (Wildman–Crippen LogP) is 2.60. The second-order valence-electron chi connectivity index (χ2n) is 6.59. The van der Waals surface area contributed by atoms with Crippen molar-refractivity contribution < 1.29 is 15.0 Å². The molecular weight excluding hydrogens is 314 g/mol. The van der Waals surface area contributed by atoms with E-state index in [0.717, 1.165) is 11.1 Å². The van der Waals surface area contributed by atoms with Crippen molar-refractivity contribution >= 4 is 5.78 Å². The van der Waals surface area contributed by atoms with Crippen LogP contribution in [0.2, 0.25) is 0 Å². The molecule has 0 fully saturated rings. The predicted molar refractivity (Wildman–Crippen MR) is 99.3 cm³/mol. The largest absolute Gasteiger partial charge is 0.392 e. The van der Waals surface area contributed by atoms with Crippen LogP contribution in [0.1, 0.15) is 31.0 Å². The summed E-state index contributed by atoms with van der Waals surface area (Å²) in [6.45, 7) is 4.04. The van der Waals surface area contributed by atoms with Crippen LogP contribution in [0.15, 0.2) is 60.7 Å². The third kappa shape index (κ3) is 6.09. The third-order valence-electron chi connectivity index (χ3n) is 4.00. The van der Waals surface area contributed by atoms with Gasteiger partial charge in [-0.2, -0.15) is 0 Å². The lowest BCUT2D eigenvalue weighted by molar-refractivity contribution is -0.125. The van der Waals surface area contributed by atoms with E-state index in [1.165, 1.54) is 0 Å². The number of rotatable bonds is 9. The number of aliphatic hydroxyl groups excluding tert-OH is 2. The summed E-state index contributed by atoms with van der Waals surface area (Å²) in [5, 5.41) is 19.7. The fourth-order valence-corrected chi connectivity index (χ4v) is 3.09. The van der Waals surface area contributed by atoms with Crippen LogP contribution in [0.4, 0.5) is 0 Å². The average molecular weight is 341 g/mol. The number of carbonyl (C=O) groups is 1. The lowest BCUT2D eigenvalue weighted by Crippen LogP contribution is -2.42. The van der Waals surface area contributed by atoms with Crippen molar-refractivity contribution in [2.24, 2.45) is 0 Å². The summed E-state index contributed by atoms with van der Waals surface area (Å²) in [5.41, 5.74) is 1.84. The van der Waals surface area contributed by atoms with Crippen molar-refractivity contribution in [2.45, 2.75) is 38.5 Å². The Balaban J connectivity index is 2.32. The third-order valence-corrected chi connectivity index (χ3v) is 4.00. The molecule has 4 heteroatoms. The molecule has 0 saturated carbocycles. The number of aliphatic hydroxyl groups is 2. The Bertz CT molecular complexity index is 631. The minimum atomic E-state index is -0.588. The van der Waals surface area contributed by atoms with Crippen LogP contribution in [0.5, 0.6) is 0 Å². The fourth-order valence-electron chi connectivity index (χ4n) is 3.09. The van der Waals surface area contributed by atoms with Gasteiger partial charge in [-0.3, -0.25) is 9.69 Å². The second kappa shape index (κ2) is 9.47. The van der Waals surface area contributed by atoms with E-state index in [4.69, 9.17) is 0 Å². The number of Topliss-reactive ketones (excluding diaryl/α,β-unsaturated/α-hetero) is 1. The zero-order chi connectivity index (χ0) is 18.2. The summed E-state index contributed by atoms with van der Waals surface area (Å²) in [6.07, 6.45) is -0.861. The molecule has 3 atom stereocenters. The molecule has 0 radical (unpaired) electrons. The molecule has 0 amide bonds. The zero-order valence-corrected chi connectivity index (χ0v) is 14.9. The summed E-state index contributed by atoms with van der Waals surface area (Å²) in [5.74, 6) is 0.0544. The molecule has 2 N–H and O–H groups in total. The normalized spacial score (nSPS) is 14.9. The van der Waals surface area contributed by atoms with Crippen LogP contribution in [-0.4, -0.2) is 46.2 Å². The summed E-state index contributed by atoms with van der Waals surface area (Å²) in [6, 6.07) is 18.7. The highest BCUT2D eigenvalue weighted by Crippen LogP contribution is 2.24. The molecule has 0 spiro atoms. The minimum absolute atomic E-state index is 0.0544. The van der Waals surface area contributed by atoms with Gasteiger partial charge in [0.1, 0.15) is 0 Å². The van der Waals surface area contributed by atoms with Gasteiger partial charge in [0.15, 0.2) is 5.78 Å². The van der Waals surface area contributed by atoms with E-state index in [9.17, 15) is 15.0 Å². The van der Waals surface area contributed by atoms with Crippen LogP contribution in [0.25, 0.3) is 0 Å². The first-order valence-corrected chi connectivity index (χ1v) is 8.69. The molecular formula is C21H27NO3. The van der Waals surface area contributed by atoms with E-state index >= 15 is 0 Å². The molecule has 0 aliphatic carbocycles. The molecule has 0 aliphatic heterocycles. The van der Waals surface area contributed by atoms with Crippen LogP contribution < -0.4 is 0 Å². The van der Waals surface area contributed by atoms with Gasteiger partial charge in [0.25, 0.3) is 0 Å². The van der Waals surface area contributed by atoms with Crippen LogP contribution in [0, 0.1) is 0 Å². The van der Waals surface area contributed by atoms with Gasteiger partial charge in [-0.15, -0.1) is 0 Å². The maximum absolute atomic E-state index is 13.1. The Morgan fingerprint density at radius 3 is 1.84 bits per heavy atom. The molecule has 0 bridgehead atoms. The minimum Gasteiger partial charge on any atom is -0.392 e. The van der Waals surface area contributed by atoms with Gasteiger partial charge in [0.05, 0.1) is 18.2 Å². The van der Waals surface area contributed by atoms with E-state index in [1.54, 1.807) is 13.8 Å². The summed E-state index contributed by atoms with van der Waals surface area (Å²) in [4.78, 5) is 15.0. The number of nitrogens with zero attached hydrogens (tertiary/aromatic N) is 1. The molecule has 0 saturated heterocycles. The highest BCUT2D eigenvalue weighted by molar-refractivity contribution is 5.87. The van der Waals surface area contributed by atoms with Crippen molar-refractivity contribution in [3.05, 3.63) is 71.8 Å². The molecule has 134 valence electrons. The molecule has 2 rings (SSSR count). The number of hydrogen-bond acceptors (Lipinski definition) is 4. The Hall–Kier alpha value is -2.01.